The second-order valence-corrected chi connectivity index (χ2v) is 4.19. The van der Waals surface area contributed by atoms with E-state index < -0.39 is 11.7 Å². The summed E-state index contributed by atoms with van der Waals surface area (Å²) in [6, 6.07) is 11.0. The zero-order valence-electron chi connectivity index (χ0n) is 10.4. The lowest BCUT2D eigenvalue weighted by Gasteiger charge is -2.06. The first kappa shape index (κ1) is 12.2. The molecule has 1 N–H and O–H groups in total. The third-order valence-corrected chi connectivity index (χ3v) is 2.85. The van der Waals surface area contributed by atoms with E-state index in [1.54, 1.807) is 36.7 Å². The number of hydrogen-bond acceptors (Lipinski definition) is 3. The van der Waals surface area contributed by atoms with Gasteiger partial charge >= 0.3 is 0 Å². The van der Waals surface area contributed by atoms with Crippen LogP contribution in [0.4, 0.5) is 10.1 Å². The first-order valence-corrected chi connectivity index (χ1v) is 6.01. The van der Waals surface area contributed by atoms with Gasteiger partial charge in [0.1, 0.15) is 5.82 Å². The molecule has 5 heteroatoms. The van der Waals surface area contributed by atoms with Crippen LogP contribution in [0.25, 0.3) is 11.0 Å². The Morgan fingerprint density at radius 3 is 2.55 bits per heavy atom. The predicted molar refractivity (Wildman–Crippen MR) is 73.9 cm³/mol. The Balaban J connectivity index is 1.89. The third-order valence-electron chi connectivity index (χ3n) is 2.85. The lowest BCUT2D eigenvalue weighted by molar-refractivity contribution is 0.102. The topological polar surface area (TPSA) is 54.9 Å². The Hall–Kier alpha value is -2.82. The van der Waals surface area contributed by atoms with Crippen LogP contribution in [0.15, 0.2) is 54.9 Å². The molecule has 3 rings (SSSR count). The number of nitrogens with zero attached hydrogens (tertiary/aromatic N) is 2. The number of anilines is 1. The summed E-state index contributed by atoms with van der Waals surface area (Å²) >= 11 is 0. The van der Waals surface area contributed by atoms with E-state index in [9.17, 15) is 9.18 Å². The molecular formula is C15H10FN3O. The Morgan fingerprint density at radius 1 is 1.00 bits per heavy atom. The van der Waals surface area contributed by atoms with E-state index in [4.69, 9.17) is 0 Å². The van der Waals surface area contributed by atoms with Crippen LogP contribution in [0.5, 0.6) is 0 Å². The van der Waals surface area contributed by atoms with Gasteiger partial charge < -0.3 is 5.32 Å². The molecule has 0 fully saturated rings. The van der Waals surface area contributed by atoms with Gasteiger partial charge in [0.15, 0.2) is 0 Å². The number of rotatable bonds is 2. The van der Waals surface area contributed by atoms with Crippen molar-refractivity contribution < 1.29 is 9.18 Å². The van der Waals surface area contributed by atoms with Crippen LogP contribution >= 0.6 is 0 Å². The number of nitrogens with one attached hydrogen (secondary N) is 1. The van der Waals surface area contributed by atoms with Gasteiger partial charge in [0.05, 0.1) is 16.6 Å². The van der Waals surface area contributed by atoms with Crippen LogP contribution in [0.3, 0.4) is 0 Å². The summed E-state index contributed by atoms with van der Waals surface area (Å²) in [5.41, 5.74) is 1.95. The largest absolute Gasteiger partial charge is 0.322 e. The third kappa shape index (κ3) is 2.33. The second-order valence-electron chi connectivity index (χ2n) is 4.19. The van der Waals surface area contributed by atoms with Crippen molar-refractivity contribution in [2.45, 2.75) is 0 Å². The van der Waals surface area contributed by atoms with Crippen molar-refractivity contribution in [1.82, 2.24) is 9.97 Å². The molecule has 0 radical (unpaired) electrons. The molecule has 4 nitrogen and oxygen atoms in total. The monoisotopic (exact) mass is 267 g/mol. The average Bonchev–Trinajstić information content (AvgIpc) is 2.47. The highest BCUT2D eigenvalue weighted by atomic mass is 19.1. The molecule has 0 atom stereocenters. The first-order valence-electron chi connectivity index (χ1n) is 6.01. The zero-order chi connectivity index (χ0) is 13.9. The minimum Gasteiger partial charge on any atom is -0.322 e. The van der Waals surface area contributed by atoms with Crippen molar-refractivity contribution in [3.63, 3.8) is 0 Å². The van der Waals surface area contributed by atoms with Crippen molar-refractivity contribution in [3.8, 4) is 0 Å². The number of carbonyl (C=O) groups is 1. The standard InChI is InChI=1S/C15H10FN3O/c16-12-4-2-1-3-11(12)15(20)19-10-5-6-13-14(9-10)18-8-7-17-13/h1-9H,(H,19,20). The molecule has 0 spiro atoms. The van der Waals surface area contributed by atoms with Gasteiger partial charge in [-0.3, -0.25) is 14.8 Å². The summed E-state index contributed by atoms with van der Waals surface area (Å²) in [6.07, 6.45) is 3.17. The smallest absolute Gasteiger partial charge is 0.258 e. The summed E-state index contributed by atoms with van der Waals surface area (Å²) in [6.45, 7) is 0. The molecule has 2 aromatic carbocycles. The van der Waals surface area contributed by atoms with E-state index >= 15 is 0 Å². The molecule has 1 aromatic heterocycles. The summed E-state index contributed by atoms with van der Waals surface area (Å²) in [7, 11) is 0. The van der Waals surface area contributed by atoms with Crippen LogP contribution in [0.2, 0.25) is 0 Å². The molecule has 20 heavy (non-hydrogen) atoms. The van der Waals surface area contributed by atoms with Gasteiger partial charge in [-0.2, -0.15) is 0 Å². The highest BCUT2D eigenvalue weighted by molar-refractivity contribution is 6.05. The Kier molecular flexibility index (Phi) is 3.09. The molecule has 3 aromatic rings. The minimum absolute atomic E-state index is 0.00624. The minimum atomic E-state index is -0.550. The lowest BCUT2D eigenvalue weighted by Crippen LogP contribution is -2.13. The molecule has 0 unspecified atom stereocenters. The number of halogens is 1. The zero-order valence-corrected chi connectivity index (χ0v) is 10.4. The molecular weight excluding hydrogens is 257 g/mol. The maximum atomic E-state index is 13.5. The van der Waals surface area contributed by atoms with E-state index in [2.05, 4.69) is 15.3 Å². The van der Waals surface area contributed by atoms with Crippen molar-refractivity contribution in [1.29, 1.82) is 0 Å². The van der Waals surface area contributed by atoms with E-state index in [0.29, 0.717) is 11.2 Å². The fraction of sp³-hybridized carbons (Fsp3) is 0. The van der Waals surface area contributed by atoms with Gasteiger partial charge in [-0.1, -0.05) is 12.1 Å². The van der Waals surface area contributed by atoms with E-state index in [1.165, 1.54) is 18.2 Å². The molecule has 0 saturated heterocycles. The van der Waals surface area contributed by atoms with Crippen molar-refractivity contribution in [3.05, 3.63) is 66.2 Å². The van der Waals surface area contributed by atoms with Crippen LogP contribution in [-0.4, -0.2) is 15.9 Å². The molecule has 98 valence electrons. The summed E-state index contributed by atoms with van der Waals surface area (Å²) in [5, 5.41) is 2.64. The van der Waals surface area contributed by atoms with E-state index in [1.807, 2.05) is 0 Å². The van der Waals surface area contributed by atoms with Gasteiger partial charge in [-0.15, -0.1) is 0 Å². The van der Waals surface area contributed by atoms with Gasteiger partial charge in [-0.05, 0) is 30.3 Å². The molecule has 0 bridgehead atoms. The first-order chi connectivity index (χ1) is 9.74. The lowest BCUT2D eigenvalue weighted by atomic mass is 10.2. The maximum absolute atomic E-state index is 13.5. The van der Waals surface area contributed by atoms with Crippen molar-refractivity contribution in [2.24, 2.45) is 0 Å². The highest BCUT2D eigenvalue weighted by Gasteiger charge is 2.11. The second kappa shape index (κ2) is 5.05. The Labute approximate surface area is 114 Å². The SMILES string of the molecule is O=C(Nc1ccc2nccnc2c1)c1ccccc1F. The molecule has 0 aliphatic heterocycles. The molecule has 0 aliphatic carbocycles. The van der Waals surface area contributed by atoms with Crippen LogP contribution in [0, 0.1) is 5.82 Å². The molecule has 1 heterocycles. The average molecular weight is 267 g/mol. The quantitative estimate of drug-likeness (QED) is 0.776. The normalized spacial score (nSPS) is 10.4. The number of aromatic nitrogens is 2. The number of carbonyl (C=O) groups excluding carboxylic acids is 1. The van der Waals surface area contributed by atoms with E-state index in [-0.39, 0.29) is 5.56 Å². The summed E-state index contributed by atoms with van der Waals surface area (Å²) in [5.74, 6) is -1.04. The van der Waals surface area contributed by atoms with Gasteiger partial charge in [0.2, 0.25) is 0 Å². The fourth-order valence-electron chi connectivity index (χ4n) is 1.88. The van der Waals surface area contributed by atoms with Crippen LogP contribution < -0.4 is 5.32 Å². The van der Waals surface area contributed by atoms with Gasteiger partial charge in [0, 0.05) is 18.1 Å². The Bertz CT molecular complexity index is 789. The van der Waals surface area contributed by atoms with Crippen LogP contribution in [-0.2, 0) is 0 Å². The Morgan fingerprint density at radius 2 is 1.75 bits per heavy atom. The van der Waals surface area contributed by atoms with Gasteiger partial charge in [0.25, 0.3) is 5.91 Å². The predicted octanol–water partition coefficient (Wildman–Crippen LogP) is 3.02. The maximum Gasteiger partial charge on any atom is 0.258 e. The molecule has 0 saturated carbocycles. The fourth-order valence-corrected chi connectivity index (χ4v) is 1.88. The number of hydrogen-bond donors (Lipinski definition) is 1. The summed E-state index contributed by atoms with van der Waals surface area (Å²) in [4.78, 5) is 20.3. The molecule has 1 amide bonds. The van der Waals surface area contributed by atoms with Gasteiger partial charge in [-0.25, -0.2) is 4.39 Å². The van der Waals surface area contributed by atoms with Crippen LogP contribution in [0.1, 0.15) is 10.4 Å². The van der Waals surface area contributed by atoms with Crippen molar-refractivity contribution in [2.75, 3.05) is 5.32 Å². The number of benzene rings is 2. The van der Waals surface area contributed by atoms with E-state index in [0.717, 1.165) is 5.52 Å². The summed E-state index contributed by atoms with van der Waals surface area (Å²) < 4.78 is 13.5. The molecule has 0 aliphatic rings. The van der Waals surface area contributed by atoms with Crippen molar-refractivity contribution >= 4 is 22.6 Å². The highest BCUT2D eigenvalue weighted by Crippen LogP contribution is 2.16. The number of fused-ring (bicyclic) bond motifs is 1. The number of amides is 1.